The highest BCUT2D eigenvalue weighted by Crippen LogP contribution is 2.36. The molecule has 1 saturated heterocycles. The maximum Gasteiger partial charge on any atom is 0.154 e. The average molecular weight is 226 g/mol. The summed E-state index contributed by atoms with van der Waals surface area (Å²) in [6.07, 6.45) is 8.47. The smallest absolute Gasteiger partial charge is 0.154 e. The summed E-state index contributed by atoms with van der Waals surface area (Å²) in [5.41, 5.74) is 0. The summed E-state index contributed by atoms with van der Waals surface area (Å²) in [4.78, 5) is 0. The van der Waals surface area contributed by atoms with Gasteiger partial charge in [0.05, 0.1) is 13.2 Å². The van der Waals surface area contributed by atoms with E-state index in [0.29, 0.717) is 5.92 Å². The predicted octanol–water partition coefficient (Wildman–Crippen LogP) is 3.60. The minimum absolute atomic E-state index is 0.0210. The van der Waals surface area contributed by atoms with Crippen LogP contribution in [-0.2, 0) is 9.47 Å². The first kappa shape index (κ1) is 12.4. The molecule has 16 heavy (non-hydrogen) atoms. The summed E-state index contributed by atoms with van der Waals surface area (Å²) in [5, 5.41) is 0. The Kier molecular flexibility index (Phi) is 4.66. The van der Waals surface area contributed by atoms with Crippen LogP contribution >= 0.6 is 0 Å². The molecule has 1 aliphatic carbocycles. The van der Waals surface area contributed by atoms with Gasteiger partial charge in [-0.2, -0.15) is 0 Å². The van der Waals surface area contributed by atoms with Crippen molar-refractivity contribution in [1.29, 1.82) is 0 Å². The minimum atomic E-state index is 0.0210. The molecule has 2 heteroatoms. The van der Waals surface area contributed by atoms with Crippen LogP contribution in [0, 0.1) is 17.8 Å². The fourth-order valence-electron chi connectivity index (χ4n) is 3.24. The molecule has 2 fully saturated rings. The van der Waals surface area contributed by atoms with Crippen LogP contribution in [0.1, 0.15) is 52.4 Å². The first-order valence-electron chi connectivity index (χ1n) is 7.02. The molecule has 94 valence electrons. The van der Waals surface area contributed by atoms with Crippen molar-refractivity contribution in [1.82, 2.24) is 0 Å². The Labute approximate surface area is 99.7 Å². The lowest BCUT2D eigenvalue weighted by molar-refractivity contribution is -0.200. The van der Waals surface area contributed by atoms with Crippen molar-refractivity contribution in [2.75, 3.05) is 13.2 Å². The zero-order chi connectivity index (χ0) is 11.4. The van der Waals surface area contributed by atoms with Crippen molar-refractivity contribution in [2.24, 2.45) is 17.8 Å². The molecule has 2 rings (SSSR count). The molecule has 0 aromatic heterocycles. The van der Waals surface area contributed by atoms with Crippen LogP contribution in [0.4, 0.5) is 0 Å². The second-order valence-corrected chi connectivity index (χ2v) is 5.56. The van der Waals surface area contributed by atoms with Crippen LogP contribution in [0.5, 0.6) is 0 Å². The van der Waals surface area contributed by atoms with Gasteiger partial charge in [-0.15, -0.1) is 0 Å². The van der Waals surface area contributed by atoms with Gasteiger partial charge in [-0.05, 0) is 31.6 Å². The van der Waals surface area contributed by atoms with Gasteiger partial charge in [0, 0.05) is 5.92 Å². The first-order chi connectivity index (χ1) is 7.79. The standard InChI is InChI=1S/C14H26O2/c1-3-4-12-5-7-13(8-6-12)14-9-15-11(2)16-10-14/h11-14H,3-10H2,1-2H3. The number of rotatable bonds is 3. The van der Waals surface area contributed by atoms with Gasteiger partial charge >= 0.3 is 0 Å². The summed E-state index contributed by atoms with van der Waals surface area (Å²) in [6, 6.07) is 0. The van der Waals surface area contributed by atoms with Crippen molar-refractivity contribution >= 4 is 0 Å². The lowest BCUT2D eigenvalue weighted by Crippen LogP contribution is -2.36. The Morgan fingerprint density at radius 3 is 2.12 bits per heavy atom. The fourth-order valence-corrected chi connectivity index (χ4v) is 3.24. The van der Waals surface area contributed by atoms with Gasteiger partial charge in [0.2, 0.25) is 0 Å². The van der Waals surface area contributed by atoms with Gasteiger partial charge in [0.1, 0.15) is 0 Å². The van der Waals surface area contributed by atoms with Gasteiger partial charge < -0.3 is 9.47 Å². The van der Waals surface area contributed by atoms with Gasteiger partial charge in [0.15, 0.2) is 6.29 Å². The third-order valence-electron chi connectivity index (χ3n) is 4.35. The van der Waals surface area contributed by atoms with E-state index in [-0.39, 0.29) is 6.29 Å². The van der Waals surface area contributed by atoms with Gasteiger partial charge in [0.25, 0.3) is 0 Å². The van der Waals surface area contributed by atoms with E-state index in [0.717, 1.165) is 25.0 Å². The molecule has 0 radical (unpaired) electrons. The molecule has 1 heterocycles. The van der Waals surface area contributed by atoms with E-state index in [9.17, 15) is 0 Å². The zero-order valence-corrected chi connectivity index (χ0v) is 10.8. The Morgan fingerprint density at radius 2 is 1.56 bits per heavy atom. The van der Waals surface area contributed by atoms with E-state index in [1.807, 2.05) is 6.92 Å². The van der Waals surface area contributed by atoms with Crippen LogP contribution < -0.4 is 0 Å². The zero-order valence-electron chi connectivity index (χ0n) is 10.8. The second kappa shape index (κ2) is 6.02. The van der Waals surface area contributed by atoms with Gasteiger partial charge in [-0.3, -0.25) is 0 Å². The summed E-state index contributed by atoms with van der Waals surface area (Å²) in [5.74, 6) is 2.53. The second-order valence-electron chi connectivity index (χ2n) is 5.56. The molecule has 0 unspecified atom stereocenters. The fraction of sp³-hybridized carbons (Fsp3) is 1.00. The summed E-state index contributed by atoms with van der Waals surface area (Å²) >= 11 is 0. The molecule has 0 aromatic carbocycles. The number of ether oxygens (including phenoxy) is 2. The lowest BCUT2D eigenvalue weighted by atomic mass is 9.75. The van der Waals surface area contributed by atoms with E-state index in [1.165, 1.54) is 38.5 Å². The van der Waals surface area contributed by atoms with Crippen LogP contribution in [0.2, 0.25) is 0 Å². The molecular weight excluding hydrogens is 200 g/mol. The molecule has 2 aliphatic rings. The lowest BCUT2D eigenvalue weighted by Gasteiger charge is -2.37. The van der Waals surface area contributed by atoms with Crippen LogP contribution in [0.3, 0.4) is 0 Å². The van der Waals surface area contributed by atoms with Crippen LogP contribution in [-0.4, -0.2) is 19.5 Å². The highest BCUT2D eigenvalue weighted by Gasteiger charge is 2.30. The Bertz CT molecular complexity index is 189. The molecule has 0 spiro atoms. The van der Waals surface area contributed by atoms with E-state index in [4.69, 9.17) is 9.47 Å². The van der Waals surface area contributed by atoms with Crippen LogP contribution in [0.25, 0.3) is 0 Å². The number of hydrogen-bond acceptors (Lipinski definition) is 2. The topological polar surface area (TPSA) is 18.5 Å². The predicted molar refractivity (Wildman–Crippen MR) is 65.2 cm³/mol. The molecule has 0 bridgehead atoms. The van der Waals surface area contributed by atoms with E-state index < -0.39 is 0 Å². The summed E-state index contributed by atoms with van der Waals surface area (Å²) < 4.78 is 11.2. The maximum absolute atomic E-state index is 5.60. The van der Waals surface area contributed by atoms with Crippen molar-refractivity contribution in [3.63, 3.8) is 0 Å². The Hall–Kier alpha value is -0.0800. The molecular formula is C14H26O2. The van der Waals surface area contributed by atoms with Crippen molar-refractivity contribution in [3.8, 4) is 0 Å². The molecule has 0 atom stereocenters. The van der Waals surface area contributed by atoms with E-state index >= 15 is 0 Å². The molecule has 0 aromatic rings. The summed E-state index contributed by atoms with van der Waals surface area (Å²) in [7, 11) is 0. The highest BCUT2D eigenvalue weighted by molar-refractivity contribution is 4.78. The monoisotopic (exact) mass is 226 g/mol. The molecule has 0 N–H and O–H groups in total. The average Bonchev–Trinajstić information content (AvgIpc) is 2.32. The third kappa shape index (κ3) is 3.21. The number of hydrogen-bond donors (Lipinski definition) is 0. The largest absolute Gasteiger partial charge is 0.353 e. The van der Waals surface area contributed by atoms with Gasteiger partial charge in [-0.1, -0.05) is 32.6 Å². The van der Waals surface area contributed by atoms with Crippen LogP contribution in [0.15, 0.2) is 0 Å². The summed E-state index contributed by atoms with van der Waals surface area (Å²) in [6.45, 7) is 6.14. The quantitative estimate of drug-likeness (QED) is 0.732. The molecule has 1 saturated carbocycles. The minimum Gasteiger partial charge on any atom is -0.353 e. The van der Waals surface area contributed by atoms with Crippen molar-refractivity contribution < 1.29 is 9.47 Å². The Morgan fingerprint density at radius 1 is 0.938 bits per heavy atom. The normalized spacial score (nSPS) is 40.9. The van der Waals surface area contributed by atoms with E-state index in [2.05, 4.69) is 6.92 Å². The maximum atomic E-state index is 5.60. The first-order valence-corrected chi connectivity index (χ1v) is 7.02. The molecule has 2 nitrogen and oxygen atoms in total. The Balaban J connectivity index is 1.72. The SMILES string of the molecule is CCCC1CCC(C2COC(C)OC2)CC1. The third-order valence-corrected chi connectivity index (χ3v) is 4.35. The van der Waals surface area contributed by atoms with Crippen molar-refractivity contribution in [2.45, 2.75) is 58.7 Å². The molecule has 1 aliphatic heterocycles. The molecule has 0 amide bonds. The van der Waals surface area contributed by atoms with Crippen molar-refractivity contribution in [3.05, 3.63) is 0 Å². The highest BCUT2D eigenvalue weighted by atomic mass is 16.7. The van der Waals surface area contributed by atoms with Gasteiger partial charge in [-0.25, -0.2) is 0 Å². The van der Waals surface area contributed by atoms with E-state index in [1.54, 1.807) is 0 Å².